The van der Waals surface area contributed by atoms with Crippen molar-refractivity contribution >= 4 is 15.6 Å². The molecule has 1 unspecified atom stereocenters. The van der Waals surface area contributed by atoms with Gasteiger partial charge in [-0.25, -0.2) is 0 Å². The molecule has 10 heteroatoms. The third kappa shape index (κ3) is 7.35. The van der Waals surface area contributed by atoms with Crippen LogP contribution in [0.15, 0.2) is 0 Å². The molecule has 0 aliphatic carbocycles. The van der Waals surface area contributed by atoms with E-state index in [1.165, 1.54) is 0 Å². The standard InChI is InChI=1S/C11H25NO7P2/c1-4-17-20(13)8-12(7-11-15-10-16-11)9-21(14,18-5-2)19-6-3/h11,20H,4-10H2,1-3H3. The molecule has 0 aromatic heterocycles. The van der Waals surface area contributed by atoms with Gasteiger partial charge >= 0.3 is 7.60 Å². The Hall–Kier alpha value is 0.220. The number of nitrogens with zero attached hydrogens (tertiary/aromatic N) is 1. The lowest BCUT2D eigenvalue weighted by molar-refractivity contribution is -0.322. The number of rotatable bonds is 12. The molecule has 1 rings (SSSR count). The second kappa shape index (κ2) is 10.1. The van der Waals surface area contributed by atoms with Gasteiger partial charge in [0.2, 0.25) is 8.03 Å². The summed E-state index contributed by atoms with van der Waals surface area (Å²) in [5.74, 6) is 0. The zero-order valence-corrected chi connectivity index (χ0v) is 14.7. The fourth-order valence-electron chi connectivity index (χ4n) is 1.80. The van der Waals surface area contributed by atoms with Gasteiger partial charge in [-0.3, -0.25) is 14.0 Å². The molecule has 0 aromatic rings. The molecule has 1 fully saturated rings. The summed E-state index contributed by atoms with van der Waals surface area (Å²) in [6, 6.07) is 0. The van der Waals surface area contributed by atoms with Crippen molar-refractivity contribution in [3.05, 3.63) is 0 Å². The Bertz CT molecular complexity index is 354. The highest BCUT2D eigenvalue weighted by Crippen LogP contribution is 2.49. The van der Waals surface area contributed by atoms with Crippen LogP contribution >= 0.6 is 15.6 Å². The Kier molecular flexibility index (Phi) is 9.25. The maximum atomic E-state index is 12.6. The van der Waals surface area contributed by atoms with Crippen LogP contribution < -0.4 is 0 Å². The van der Waals surface area contributed by atoms with Crippen molar-refractivity contribution in [1.82, 2.24) is 4.90 Å². The largest absolute Gasteiger partial charge is 0.344 e. The first-order valence-electron chi connectivity index (χ1n) is 7.02. The van der Waals surface area contributed by atoms with Crippen molar-refractivity contribution in [2.24, 2.45) is 0 Å². The lowest BCUT2D eigenvalue weighted by Crippen LogP contribution is -2.42. The Balaban J connectivity index is 2.63. The summed E-state index contributed by atoms with van der Waals surface area (Å²) in [5, 5.41) is 0. The van der Waals surface area contributed by atoms with Crippen molar-refractivity contribution in [2.75, 3.05) is 45.7 Å². The van der Waals surface area contributed by atoms with E-state index in [2.05, 4.69) is 0 Å². The minimum Gasteiger partial charge on any atom is -0.330 e. The third-order valence-electron chi connectivity index (χ3n) is 2.60. The van der Waals surface area contributed by atoms with Gasteiger partial charge in [-0.05, 0) is 20.8 Å². The average Bonchev–Trinajstić information content (AvgIpc) is 2.34. The molecule has 0 aromatic carbocycles. The molecule has 126 valence electrons. The second-order valence-electron chi connectivity index (χ2n) is 4.29. The Labute approximate surface area is 126 Å². The van der Waals surface area contributed by atoms with Crippen molar-refractivity contribution in [1.29, 1.82) is 0 Å². The minimum atomic E-state index is -3.26. The van der Waals surface area contributed by atoms with Crippen LogP contribution in [0.1, 0.15) is 20.8 Å². The van der Waals surface area contributed by atoms with Crippen molar-refractivity contribution < 1.29 is 32.2 Å². The van der Waals surface area contributed by atoms with Crippen LogP contribution in [0.25, 0.3) is 0 Å². The molecule has 8 nitrogen and oxygen atoms in total. The molecule has 21 heavy (non-hydrogen) atoms. The molecule has 1 aliphatic heterocycles. The SMILES string of the molecule is CCO[PH](=O)CN(CC1OCO1)CP(=O)(OCC)OCC. The highest BCUT2D eigenvalue weighted by molar-refractivity contribution is 7.53. The third-order valence-corrected chi connectivity index (χ3v) is 5.96. The number of hydrogen-bond acceptors (Lipinski definition) is 8. The van der Waals surface area contributed by atoms with Gasteiger partial charge in [-0.1, -0.05) is 0 Å². The summed E-state index contributed by atoms with van der Waals surface area (Å²) in [7, 11) is -5.49. The van der Waals surface area contributed by atoms with E-state index in [1.54, 1.807) is 25.7 Å². The van der Waals surface area contributed by atoms with E-state index in [0.717, 1.165) is 0 Å². The first-order chi connectivity index (χ1) is 10.0. The van der Waals surface area contributed by atoms with Crippen molar-refractivity contribution in [3.63, 3.8) is 0 Å². The van der Waals surface area contributed by atoms with E-state index in [-0.39, 0.29) is 32.6 Å². The van der Waals surface area contributed by atoms with Gasteiger partial charge in [0.05, 0.1) is 32.7 Å². The van der Waals surface area contributed by atoms with E-state index < -0.39 is 21.9 Å². The van der Waals surface area contributed by atoms with Crippen LogP contribution in [0.2, 0.25) is 0 Å². The van der Waals surface area contributed by atoms with Gasteiger partial charge in [-0.2, -0.15) is 0 Å². The lowest BCUT2D eigenvalue weighted by atomic mass is 10.5. The fourth-order valence-corrected chi connectivity index (χ4v) is 4.74. The number of ether oxygens (including phenoxy) is 2. The van der Waals surface area contributed by atoms with Crippen LogP contribution in [0.4, 0.5) is 0 Å². The molecule has 1 atom stereocenters. The molecule has 0 radical (unpaired) electrons. The van der Waals surface area contributed by atoms with E-state index >= 15 is 0 Å². The van der Waals surface area contributed by atoms with Gasteiger partial charge in [0.15, 0.2) is 13.1 Å². The van der Waals surface area contributed by atoms with Gasteiger partial charge in [-0.15, -0.1) is 0 Å². The van der Waals surface area contributed by atoms with E-state index in [1.807, 2.05) is 0 Å². The summed E-state index contributed by atoms with van der Waals surface area (Å²) in [4.78, 5) is 1.69. The highest BCUT2D eigenvalue weighted by atomic mass is 31.2. The first kappa shape index (κ1) is 19.3. The van der Waals surface area contributed by atoms with Gasteiger partial charge in [0.25, 0.3) is 0 Å². The van der Waals surface area contributed by atoms with Gasteiger partial charge in [0.1, 0.15) is 6.29 Å². The molecular weight excluding hydrogens is 320 g/mol. The summed E-state index contributed by atoms with van der Waals surface area (Å²) in [6.07, 6.45) is -0.217. The van der Waals surface area contributed by atoms with Crippen LogP contribution in [0.3, 0.4) is 0 Å². The van der Waals surface area contributed by atoms with E-state index in [9.17, 15) is 9.13 Å². The molecule has 1 saturated heterocycles. The van der Waals surface area contributed by atoms with Crippen LogP contribution in [0, 0.1) is 0 Å². The van der Waals surface area contributed by atoms with Crippen LogP contribution in [0.5, 0.6) is 0 Å². The Morgan fingerprint density at radius 1 is 1.19 bits per heavy atom. The second-order valence-corrected chi connectivity index (χ2v) is 7.66. The summed E-state index contributed by atoms with van der Waals surface area (Å²) in [5.41, 5.74) is 0. The van der Waals surface area contributed by atoms with Gasteiger partial charge in [0, 0.05) is 0 Å². The molecule has 0 bridgehead atoms. The number of hydrogen-bond donors (Lipinski definition) is 0. The molecule has 0 N–H and O–H groups in total. The molecule has 0 amide bonds. The quantitative estimate of drug-likeness (QED) is 0.498. The first-order valence-corrected chi connectivity index (χ1v) is 10.3. The molecule has 1 aliphatic rings. The highest BCUT2D eigenvalue weighted by Gasteiger charge is 2.31. The topological polar surface area (TPSA) is 83.5 Å². The zero-order chi connectivity index (χ0) is 15.7. The summed E-state index contributed by atoms with van der Waals surface area (Å²) < 4.78 is 50.3. The van der Waals surface area contributed by atoms with Crippen LogP contribution in [-0.2, 0) is 32.2 Å². The molecule has 0 saturated carbocycles. The molecular formula is C11H25NO7P2. The predicted molar refractivity (Wildman–Crippen MR) is 78.8 cm³/mol. The summed E-state index contributed by atoms with van der Waals surface area (Å²) in [6.45, 7) is 6.78. The minimum absolute atomic E-state index is 0.0291. The van der Waals surface area contributed by atoms with Crippen LogP contribution in [-0.4, -0.2) is 56.9 Å². The fraction of sp³-hybridized carbons (Fsp3) is 1.00. The predicted octanol–water partition coefficient (Wildman–Crippen LogP) is 2.31. The molecule has 0 spiro atoms. The maximum absolute atomic E-state index is 12.6. The maximum Gasteiger partial charge on any atom is 0.344 e. The Morgan fingerprint density at radius 2 is 1.81 bits per heavy atom. The molecule has 1 heterocycles. The normalized spacial score (nSPS) is 17.9. The van der Waals surface area contributed by atoms with E-state index in [4.69, 9.17) is 23.0 Å². The van der Waals surface area contributed by atoms with Gasteiger partial charge < -0.3 is 23.0 Å². The Morgan fingerprint density at radius 3 is 2.24 bits per heavy atom. The summed E-state index contributed by atoms with van der Waals surface area (Å²) >= 11 is 0. The average molecular weight is 345 g/mol. The van der Waals surface area contributed by atoms with Crippen molar-refractivity contribution in [2.45, 2.75) is 27.1 Å². The lowest BCUT2D eigenvalue weighted by Gasteiger charge is -2.33. The zero-order valence-electron chi connectivity index (χ0n) is 12.8. The smallest absolute Gasteiger partial charge is 0.330 e. The van der Waals surface area contributed by atoms with Crippen molar-refractivity contribution in [3.8, 4) is 0 Å². The monoisotopic (exact) mass is 345 g/mol. The van der Waals surface area contributed by atoms with E-state index in [0.29, 0.717) is 13.2 Å².